The molecule has 2 aliphatic heterocycles. The largest absolute Gasteiger partial charge is 0.457 e. The van der Waals surface area contributed by atoms with Crippen LogP contribution in [0, 0.1) is 11.7 Å². The van der Waals surface area contributed by atoms with E-state index in [1.54, 1.807) is 12.1 Å². The molecule has 2 N–H and O–H groups in total. The fourth-order valence-electron chi connectivity index (χ4n) is 5.51. The summed E-state index contributed by atoms with van der Waals surface area (Å²) in [5.41, 5.74) is -1.18. The topological polar surface area (TPSA) is 79.9 Å². The molecule has 2 amide bonds. The Hall–Kier alpha value is -1.97. The van der Waals surface area contributed by atoms with Gasteiger partial charge in [0.05, 0.1) is 11.2 Å². The second kappa shape index (κ2) is 11.6. The lowest BCUT2D eigenvalue weighted by Gasteiger charge is -2.40. The number of carbonyl (C=O) groups is 2. The van der Waals surface area contributed by atoms with E-state index >= 15 is 0 Å². The fraction of sp³-hybridized carbons (Fsp3) is 0.724. The lowest BCUT2D eigenvalue weighted by Crippen LogP contribution is -2.65. The van der Waals surface area contributed by atoms with Gasteiger partial charge in [-0.05, 0) is 91.9 Å². The van der Waals surface area contributed by atoms with E-state index in [0.717, 1.165) is 37.7 Å². The molecule has 2 heterocycles. The van der Waals surface area contributed by atoms with E-state index in [2.05, 4.69) is 15.5 Å². The highest BCUT2D eigenvalue weighted by molar-refractivity contribution is 6.45. The minimum absolute atomic E-state index is 0.0500. The Labute approximate surface area is 228 Å². The quantitative estimate of drug-likeness (QED) is 0.338. The SMILES string of the molecule is CC(=O)NC(CCCCB1OC(C)(C)C(C)(C)O1)(C(=O)NC(C)(C)C)[C@@H]1CCN(Cc2ccc(F)cc2)C1. The molecule has 0 spiro atoms. The molecule has 2 saturated heterocycles. The molecule has 3 rings (SSSR count). The Balaban J connectivity index is 1.73. The fourth-order valence-corrected chi connectivity index (χ4v) is 5.51. The highest BCUT2D eigenvalue weighted by Gasteiger charge is 2.51. The molecule has 0 saturated carbocycles. The molecule has 2 aliphatic rings. The number of amides is 2. The maximum absolute atomic E-state index is 13.9. The van der Waals surface area contributed by atoms with Crippen LogP contribution in [0.1, 0.15) is 86.6 Å². The van der Waals surface area contributed by atoms with Gasteiger partial charge in [-0.1, -0.05) is 25.0 Å². The summed E-state index contributed by atoms with van der Waals surface area (Å²) >= 11 is 0. The van der Waals surface area contributed by atoms with Crippen LogP contribution in [0.15, 0.2) is 24.3 Å². The summed E-state index contributed by atoms with van der Waals surface area (Å²) in [6.07, 6.45) is 3.61. The maximum atomic E-state index is 13.9. The van der Waals surface area contributed by atoms with Crippen molar-refractivity contribution in [3.63, 3.8) is 0 Å². The summed E-state index contributed by atoms with van der Waals surface area (Å²) in [7, 11) is -0.281. The van der Waals surface area contributed by atoms with E-state index in [1.165, 1.54) is 19.1 Å². The van der Waals surface area contributed by atoms with Crippen molar-refractivity contribution >= 4 is 18.9 Å². The molecule has 2 fully saturated rings. The first kappa shape index (κ1) is 30.6. The number of halogens is 1. The summed E-state index contributed by atoms with van der Waals surface area (Å²) in [6.45, 7) is 17.7. The molecular weight excluding hydrogens is 484 g/mol. The third kappa shape index (κ3) is 7.57. The molecule has 2 atom stereocenters. The van der Waals surface area contributed by atoms with Crippen molar-refractivity contribution in [3.8, 4) is 0 Å². The van der Waals surface area contributed by atoms with Crippen LogP contribution in [0.4, 0.5) is 4.39 Å². The number of hydrogen-bond acceptors (Lipinski definition) is 5. The van der Waals surface area contributed by atoms with E-state index in [-0.39, 0.29) is 41.9 Å². The highest BCUT2D eigenvalue weighted by Crippen LogP contribution is 2.39. The summed E-state index contributed by atoms with van der Waals surface area (Å²) in [6, 6.07) is 6.54. The first-order valence-corrected chi connectivity index (χ1v) is 14.0. The molecule has 0 aromatic heterocycles. The third-order valence-electron chi connectivity index (χ3n) is 8.14. The molecule has 1 unspecified atom stereocenters. The Bertz CT molecular complexity index is 963. The lowest BCUT2D eigenvalue weighted by molar-refractivity contribution is -0.137. The smallest absolute Gasteiger partial charge is 0.403 e. The molecule has 1 aromatic carbocycles. The van der Waals surface area contributed by atoms with Crippen molar-refractivity contribution in [1.82, 2.24) is 15.5 Å². The molecule has 7 nitrogen and oxygen atoms in total. The number of likely N-dealkylation sites (tertiary alicyclic amines) is 1. The lowest BCUT2D eigenvalue weighted by atomic mass is 9.75. The van der Waals surface area contributed by atoms with Gasteiger partial charge < -0.3 is 19.9 Å². The van der Waals surface area contributed by atoms with Crippen LogP contribution in [0.25, 0.3) is 0 Å². The van der Waals surface area contributed by atoms with Gasteiger partial charge in [0.1, 0.15) is 11.4 Å². The van der Waals surface area contributed by atoms with Crippen molar-refractivity contribution < 1.29 is 23.3 Å². The number of hydrogen-bond donors (Lipinski definition) is 2. The number of nitrogens with zero attached hydrogens (tertiary/aromatic N) is 1. The van der Waals surface area contributed by atoms with Gasteiger partial charge in [-0.25, -0.2) is 4.39 Å². The van der Waals surface area contributed by atoms with E-state index < -0.39 is 11.1 Å². The van der Waals surface area contributed by atoms with Crippen LogP contribution in [0.2, 0.25) is 6.32 Å². The molecule has 0 bridgehead atoms. The van der Waals surface area contributed by atoms with E-state index in [1.807, 2.05) is 48.5 Å². The van der Waals surface area contributed by atoms with Crippen molar-refractivity contribution in [2.45, 2.75) is 116 Å². The molecule has 38 heavy (non-hydrogen) atoms. The van der Waals surface area contributed by atoms with Gasteiger partial charge in [0, 0.05) is 31.5 Å². The average molecular weight is 532 g/mol. The van der Waals surface area contributed by atoms with Crippen molar-refractivity contribution in [2.24, 2.45) is 5.92 Å². The Morgan fingerprint density at radius 2 is 1.66 bits per heavy atom. The van der Waals surface area contributed by atoms with Crippen molar-refractivity contribution in [2.75, 3.05) is 13.1 Å². The number of rotatable bonds is 10. The van der Waals surface area contributed by atoms with Gasteiger partial charge in [0.2, 0.25) is 11.8 Å². The maximum Gasteiger partial charge on any atom is 0.457 e. The summed E-state index contributed by atoms with van der Waals surface area (Å²) in [5, 5.41) is 6.27. The van der Waals surface area contributed by atoms with E-state index in [4.69, 9.17) is 9.31 Å². The first-order valence-electron chi connectivity index (χ1n) is 14.0. The second-order valence-corrected chi connectivity index (χ2v) is 13.1. The van der Waals surface area contributed by atoms with Crippen molar-refractivity contribution in [1.29, 1.82) is 0 Å². The first-order chi connectivity index (χ1) is 17.5. The van der Waals surface area contributed by atoms with Crippen LogP contribution in [-0.2, 0) is 25.4 Å². The van der Waals surface area contributed by atoms with Gasteiger partial charge in [-0.2, -0.15) is 0 Å². The molecule has 0 radical (unpaired) electrons. The third-order valence-corrected chi connectivity index (χ3v) is 8.14. The van der Waals surface area contributed by atoms with Crippen LogP contribution in [0.5, 0.6) is 0 Å². The summed E-state index contributed by atoms with van der Waals surface area (Å²) < 4.78 is 25.7. The van der Waals surface area contributed by atoms with Gasteiger partial charge in [-0.15, -0.1) is 0 Å². The average Bonchev–Trinajstić information content (AvgIpc) is 3.31. The van der Waals surface area contributed by atoms with Crippen LogP contribution < -0.4 is 10.6 Å². The molecule has 0 aliphatic carbocycles. The summed E-state index contributed by atoms with van der Waals surface area (Å²) in [5.74, 6) is -0.649. The van der Waals surface area contributed by atoms with Gasteiger partial charge >= 0.3 is 7.12 Å². The second-order valence-electron chi connectivity index (χ2n) is 13.1. The number of nitrogens with one attached hydrogen (secondary N) is 2. The summed E-state index contributed by atoms with van der Waals surface area (Å²) in [4.78, 5) is 28.7. The van der Waals surface area contributed by atoms with Gasteiger partial charge in [0.25, 0.3) is 0 Å². The predicted octanol–water partition coefficient (Wildman–Crippen LogP) is 4.70. The zero-order valence-corrected chi connectivity index (χ0v) is 24.6. The minimum atomic E-state index is -1.02. The molecule has 212 valence electrons. The predicted molar refractivity (Wildman–Crippen MR) is 149 cm³/mol. The van der Waals surface area contributed by atoms with Crippen LogP contribution in [0.3, 0.4) is 0 Å². The van der Waals surface area contributed by atoms with E-state index in [9.17, 15) is 14.0 Å². The monoisotopic (exact) mass is 531 g/mol. The van der Waals surface area contributed by atoms with Gasteiger partial charge in [-0.3, -0.25) is 14.5 Å². The van der Waals surface area contributed by atoms with Gasteiger partial charge in [0.15, 0.2) is 0 Å². The number of unbranched alkanes of at least 4 members (excludes halogenated alkanes) is 1. The number of benzene rings is 1. The van der Waals surface area contributed by atoms with Crippen molar-refractivity contribution in [3.05, 3.63) is 35.6 Å². The molecule has 1 aromatic rings. The Morgan fingerprint density at radius 3 is 2.21 bits per heavy atom. The minimum Gasteiger partial charge on any atom is -0.403 e. The molecule has 9 heteroatoms. The zero-order valence-electron chi connectivity index (χ0n) is 24.6. The Kier molecular flexibility index (Phi) is 9.37. The van der Waals surface area contributed by atoms with E-state index in [0.29, 0.717) is 19.5 Å². The van der Waals surface area contributed by atoms with Crippen LogP contribution >= 0.6 is 0 Å². The Morgan fingerprint density at radius 1 is 1.05 bits per heavy atom. The molecular formula is C29H47BFN3O4. The standard InChI is InChI=1S/C29H47BFN3O4/c1-21(35)32-29(25(36)33-26(2,3)4,16-9-10-17-30-37-27(5,6)28(7,8)38-30)23-15-18-34(20-23)19-22-11-13-24(31)14-12-22/h11-14,23H,9-10,15-20H2,1-8H3,(H,32,35)(H,33,36)/t23-,29?/m1/s1. The normalized spacial score (nSPS) is 22.8. The highest BCUT2D eigenvalue weighted by atomic mass is 19.1. The number of carbonyl (C=O) groups excluding carboxylic acids is 2. The van der Waals surface area contributed by atoms with Crippen LogP contribution in [-0.4, -0.2) is 59.2 Å². The zero-order chi connectivity index (χ0) is 28.4.